The van der Waals surface area contributed by atoms with Gasteiger partial charge in [0.05, 0.1) is 5.56 Å². The molecule has 0 aliphatic carbocycles. The molecular weight excluding hydrogens is 269 g/mol. The van der Waals surface area contributed by atoms with Crippen LogP contribution in [-0.2, 0) is 0 Å². The topological polar surface area (TPSA) is 26.3 Å². The Morgan fingerprint density at radius 2 is 1.60 bits per heavy atom. The van der Waals surface area contributed by atoms with Gasteiger partial charge in [-0.2, -0.15) is 0 Å². The first kappa shape index (κ1) is 14.1. The van der Waals surface area contributed by atoms with E-state index in [1.165, 1.54) is 18.2 Å². The normalized spacial score (nSPS) is 11.2. The van der Waals surface area contributed by atoms with Crippen LogP contribution in [0.5, 0.6) is 5.75 Å². The summed E-state index contributed by atoms with van der Waals surface area (Å²) >= 11 is 0. The number of carbonyl (C=O) groups excluding carboxylic acids is 1. The van der Waals surface area contributed by atoms with Crippen LogP contribution < -0.4 is 4.74 Å². The summed E-state index contributed by atoms with van der Waals surface area (Å²) in [4.78, 5) is 12.2. The van der Waals surface area contributed by atoms with Gasteiger partial charge < -0.3 is 4.74 Å². The molecular formula is C15H11F3O2. The Kier molecular flexibility index (Phi) is 3.79. The second-order valence-electron chi connectivity index (χ2n) is 4.24. The average Bonchev–Trinajstić information content (AvgIpc) is 2.37. The third-order valence-corrected chi connectivity index (χ3v) is 2.67. The van der Waals surface area contributed by atoms with E-state index in [0.29, 0.717) is 5.56 Å². The van der Waals surface area contributed by atoms with Gasteiger partial charge in [-0.15, -0.1) is 13.2 Å². The summed E-state index contributed by atoms with van der Waals surface area (Å²) in [7, 11) is 0. The van der Waals surface area contributed by atoms with E-state index in [-0.39, 0.29) is 5.56 Å². The molecule has 0 unspecified atom stereocenters. The molecule has 20 heavy (non-hydrogen) atoms. The van der Waals surface area contributed by atoms with Gasteiger partial charge in [0, 0.05) is 5.56 Å². The number of ketones is 1. The quantitative estimate of drug-likeness (QED) is 0.790. The van der Waals surface area contributed by atoms with Gasteiger partial charge >= 0.3 is 6.36 Å². The van der Waals surface area contributed by atoms with Crippen molar-refractivity contribution in [2.75, 3.05) is 0 Å². The number of rotatable bonds is 3. The van der Waals surface area contributed by atoms with Gasteiger partial charge in [-0.1, -0.05) is 42.0 Å². The number of ether oxygens (including phenoxy) is 1. The standard InChI is InChI=1S/C15H11F3O2/c1-10-6-8-11(9-7-10)14(19)12-4-2-3-5-13(12)20-15(16,17)18/h2-9H,1H3. The molecule has 0 saturated heterocycles. The smallest absolute Gasteiger partial charge is 0.405 e. The Morgan fingerprint density at radius 3 is 2.20 bits per heavy atom. The molecule has 0 aliphatic rings. The van der Waals surface area contributed by atoms with E-state index >= 15 is 0 Å². The van der Waals surface area contributed by atoms with Crippen LogP contribution in [0.3, 0.4) is 0 Å². The van der Waals surface area contributed by atoms with Gasteiger partial charge in [0.2, 0.25) is 0 Å². The van der Waals surface area contributed by atoms with E-state index in [2.05, 4.69) is 4.74 Å². The second-order valence-corrected chi connectivity index (χ2v) is 4.24. The van der Waals surface area contributed by atoms with E-state index in [4.69, 9.17) is 0 Å². The maximum absolute atomic E-state index is 12.3. The predicted molar refractivity (Wildman–Crippen MR) is 67.7 cm³/mol. The monoisotopic (exact) mass is 280 g/mol. The molecule has 0 fully saturated rings. The molecule has 2 aromatic rings. The maximum Gasteiger partial charge on any atom is 0.573 e. The lowest BCUT2D eigenvalue weighted by molar-refractivity contribution is -0.274. The number of halogens is 3. The van der Waals surface area contributed by atoms with Crippen molar-refractivity contribution in [3.8, 4) is 5.75 Å². The number of benzene rings is 2. The van der Waals surface area contributed by atoms with Crippen LogP contribution in [0.15, 0.2) is 48.5 Å². The third kappa shape index (κ3) is 3.38. The van der Waals surface area contributed by atoms with Crippen molar-refractivity contribution in [3.63, 3.8) is 0 Å². The van der Waals surface area contributed by atoms with E-state index in [1.54, 1.807) is 24.3 Å². The van der Waals surface area contributed by atoms with Gasteiger partial charge in [0.15, 0.2) is 5.78 Å². The minimum Gasteiger partial charge on any atom is -0.405 e. The number of hydrogen-bond donors (Lipinski definition) is 0. The number of carbonyl (C=O) groups is 1. The van der Waals surface area contributed by atoms with Crippen molar-refractivity contribution in [2.24, 2.45) is 0 Å². The minimum atomic E-state index is -4.83. The zero-order chi connectivity index (χ0) is 14.8. The molecule has 104 valence electrons. The molecule has 0 N–H and O–H groups in total. The number of aryl methyl sites for hydroxylation is 1. The van der Waals surface area contributed by atoms with E-state index in [1.807, 2.05) is 6.92 Å². The summed E-state index contributed by atoms with van der Waals surface area (Å²) in [6.07, 6.45) is -4.83. The summed E-state index contributed by atoms with van der Waals surface area (Å²) < 4.78 is 40.8. The van der Waals surface area contributed by atoms with Crippen LogP contribution in [0, 0.1) is 6.92 Å². The first-order valence-electron chi connectivity index (χ1n) is 5.83. The molecule has 0 atom stereocenters. The fourth-order valence-corrected chi connectivity index (χ4v) is 1.73. The number of para-hydroxylation sites is 1. The highest BCUT2D eigenvalue weighted by Crippen LogP contribution is 2.27. The third-order valence-electron chi connectivity index (χ3n) is 2.67. The fraction of sp³-hybridized carbons (Fsp3) is 0.133. The molecule has 0 spiro atoms. The molecule has 0 aromatic heterocycles. The van der Waals surface area contributed by atoms with Gasteiger partial charge in [-0.3, -0.25) is 4.79 Å². The van der Waals surface area contributed by atoms with Gasteiger partial charge in [0.1, 0.15) is 5.75 Å². The van der Waals surface area contributed by atoms with Crippen molar-refractivity contribution in [2.45, 2.75) is 13.3 Å². The summed E-state index contributed by atoms with van der Waals surface area (Å²) in [6, 6.07) is 11.9. The van der Waals surface area contributed by atoms with Gasteiger partial charge in [-0.25, -0.2) is 0 Å². The summed E-state index contributed by atoms with van der Waals surface area (Å²) in [5, 5.41) is 0. The molecule has 2 rings (SSSR count). The van der Waals surface area contributed by atoms with Crippen molar-refractivity contribution >= 4 is 5.78 Å². The predicted octanol–water partition coefficient (Wildman–Crippen LogP) is 4.12. The molecule has 0 aliphatic heterocycles. The first-order valence-corrected chi connectivity index (χ1v) is 5.83. The molecule has 0 amide bonds. The maximum atomic E-state index is 12.3. The van der Waals surface area contributed by atoms with Crippen LogP contribution in [0.4, 0.5) is 13.2 Å². The molecule has 2 aromatic carbocycles. The highest BCUT2D eigenvalue weighted by atomic mass is 19.4. The highest BCUT2D eigenvalue weighted by Gasteiger charge is 2.32. The molecule has 0 radical (unpaired) electrons. The SMILES string of the molecule is Cc1ccc(C(=O)c2ccccc2OC(F)(F)F)cc1. The van der Waals surface area contributed by atoms with Crippen LogP contribution in [0.1, 0.15) is 21.5 Å². The Morgan fingerprint density at radius 1 is 1.00 bits per heavy atom. The van der Waals surface area contributed by atoms with Crippen molar-refractivity contribution in [1.82, 2.24) is 0 Å². The zero-order valence-electron chi connectivity index (χ0n) is 10.6. The van der Waals surface area contributed by atoms with Crippen LogP contribution in [0.2, 0.25) is 0 Å². The fourth-order valence-electron chi connectivity index (χ4n) is 1.73. The average molecular weight is 280 g/mol. The lowest BCUT2D eigenvalue weighted by Crippen LogP contribution is -2.19. The Balaban J connectivity index is 2.37. The van der Waals surface area contributed by atoms with Crippen molar-refractivity contribution in [1.29, 1.82) is 0 Å². The summed E-state index contributed by atoms with van der Waals surface area (Å²) in [5.41, 5.74) is 1.16. The first-order chi connectivity index (χ1) is 9.37. The Bertz CT molecular complexity index is 616. The number of alkyl halides is 3. The van der Waals surface area contributed by atoms with Crippen LogP contribution >= 0.6 is 0 Å². The molecule has 2 nitrogen and oxygen atoms in total. The lowest BCUT2D eigenvalue weighted by Gasteiger charge is -2.12. The van der Waals surface area contributed by atoms with Crippen LogP contribution in [-0.4, -0.2) is 12.1 Å². The van der Waals surface area contributed by atoms with E-state index < -0.39 is 17.9 Å². The largest absolute Gasteiger partial charge is 0.573 e. The van der Waals surface area contributed by atoms with Crippen molar-refractivity contribution < 1.29 is 22.7 Å². The summed E-state index contributed by atoms with van der Waals surface area (Å²) in [6.45, 7) is 1.86. The van der Waals surface area contributed by atoms with Gasteiger partial charge in [0.25, 0.3) is 0 Å². The minimum absolute atomic E-state index is 0.117. The van der Waals surface area contributed by atoms with E-state index in [0.717, 1.165) is 11.6 Å². The van der Waals surface area contributed by atoms with Crippen molar-refractivity contribution in [3.05, 3.63) is 65.2 Å². The molecule has 0 saturated carbocycles. The van der Waals surface area contributed by atoms with E-state index in [9.17, 15) is 18.0 Å². The second kappa shape index (κ2) is 5.36. The molecule has 0 heterocycles. The summed E-state index contributed by atoms with van der Waals surface area (Å²) in [5.74, 6) is -1.00. The lowest BCUT2D eigenvalue weighted by atomic mass is 10.0. The molecule has 5 heteroatoms. The zero-order valence-corrected chi connectivity index (χ0v) is 10.6. The Hall–Kier alpha value is -2.30. The highest BCUT2D eigenvalue weighted by molar-refractivity contribution is 6.10. The van der Waals surface area contributed by atoms with Crippen LogP contribution in [0.25, 0.3) is 0 Å². The van der Waals surface area contributed by atoms with Gasteiger partial charge in [-0.05, 0) is 19.1 Å². The molecule has 0 bridgehead atoms. The number of hydrogen-bond acceptors (Lipinski definition) is 2. The Labute approximate surface area is 113 Å².